The molecule has 0 radical (unpaired) electrons. The third-order valence-corrected chi connectivity index (χ3v) is 5.83. The predicted octanol–water partition coefficient (Wildman–Crippen LogP) is 4.33. The fourth-order valence-electron chi connectivity index (χ4n) is 4.09. The lowest BCUT2D eigenvalue weighted by atomic mass is 10.1. The Labute approximate surface area is 203 Å². The summed E-state index contributed by atoms with van der Waals surface area (Å²) >= 11 is 0. The van der Waals surface area contributed by atoms with Gasteiger partial charge in [-0.1, -0.05) is 36.4 Å². The molecule has 3 aromatic carbocycles. The summed E-state index contributed by atoms with van der Waals surface area (Å²) in [5.74, 6) is -1.73. The van der Waals surface area contributed by atoms with Crippen molar-refractivity contribution in [3.05, 3.63) is 95.1 Å². The molecule has 178 valence electrons. The highest BCUT2D eigenvalue weighted by Gasteiger charge is 2.35. The van der Waals surface area contributed by atoms with E-state index in [1.807, 2.05) is 32.0 Å². The van der Waals surface area contributed by atoms with E-state index in [2.05, 4.69) is 5.32 Å². The van der Waals surface area contributed by atoms with Gasteiger partial charge in [0.25, 0.3) is 0 Å². The second-order valence-corrected chi connectivity index (χ2v) is 8.68. The normalized spacial score (nSPS) is 15.1. The molecule has 7 heteroatoms. The number of nitrogens with zero attached hydrogens (tertiary/aromatic N) is 1. The van der Waals surface area contributed by atoms with E-state index in [1.165, 1.54) is 12.1 Å². The Balaban J connectivity index is 1.32. The van der Waals surface area contributed by atoms with Crippen LogP contribution in [0.1, 0.15) is 38.3 Å². The maximum atomic E-state index is 12.8. The van der Waals surface area contributed by atoms with E-state index in [1.54, 1.807) is 47.4 Å². The first-order valence-corrected chi connectivity index (χ1v) is 11.3. The van der Waals surface area contributed by atoms with Gasteiger partial charge in [0.1, 0.15) is 0 Å². The molecular formula is C28H26N2O5. The fraction of sp³-hybridized carbons (Fsp3) is 0.214. The second-order valence-electron chi connectivity index (χ2n) is 8.68. The van der Waals surface area contributed by atoms with Gasteiger partial charge >= 0.3 is 5.97 Å². The number of carbonyl (C=O) groups excluding carboxylic acids is 4. The van der Waals surface area contributed by atoms with E-state index < -0.39 is 11.9 Å². The van der Waals surface area contributed by atoms with Crippen LogP contribution in [0, 0.1) is 19.8 Å². The molecule has 1 fully saturated rings. The summed E-state index contributed by atoms with van der Waals surface area (Å²) in [6.45, 7) is 3.91. The van der Waals surface area contributed by atoms with Gasteiger partial charge in [-0.25, -0.2) is 4.79 Å². The molecule has 7 nitrogen and oxygen atoms in total. The van der Waals surface area contributed by atoms with Gasteiger partial charge in [0, 0.05) is 29.9 Å². The van der Waals surface area contributed by atoms with E-state index in [0.717, 1.165) is 16.8 Å². The average Bonchev–Trinajstić information content (AvgIpc) is 3.24. The van der Waals surface area contributed by atoms with Gasteiger partial charge < -0.3 is 15.0 Å². The summed E-state index contributed by atoms with van der Waals surface area (Å²) in [5.41, 5.74) is 4.16. The van der Waals surface area contributed by atoms with E-state index >= 15 is 0 Å². The van der Waals surface area contributed by atoms with Crippen molar-refractivity contribution < 1.29 is 23.9 Å². The summed E-state index contributed by atoms with van der Waals surface area (Å²) in [7, 11) is 0. The van der Waals surface area contributed by atoms with Gasteiger partial charge in [-0.3, -0.25) is 14.4 Å². The number of rotatable bonds is 7. The molecule has 1 heterocycles. The van der Waals surface area contributed by atoms with Gasteiger partial charge in [0.2, 0.25) is 11.8 Å². The molecule has 4 rings (SSSR count). The molecule has 0 bridgehead atoms. The number of ether oxygens (including phenoxy) is 1. The summed E-state index contributed by atoms with van der Waals surface area (Å²) < 4.78 is 5.11. The number of anilines is 2. The van der Waals surface area contributed by atoms with Gasteiger partial charge in [-0.2, -0.15) is 0 Å². The van der Waals surface area contributed by atoms with Crippen molar-refractivity contribution in [1.29, 1.82) is 0 Å². The van der Waals surface area contributed by atoms with Crippen LogP contribution in [0.15, 0.2) is 72.8 Å². The van der Waals surface area contributed by atoms with Gasteiger partial charge in [0.05, 0.1) is 11.5 Å². The van der Waals surface area contributed by atoms with Crippen LogP contribution in [0.3, 0.4) is 0 Å². The van der Waals surface area contributed by atoms with E-state index in [4.69, 9.17) is 4.74 Å². The van der Waals surface area contributed by atoms with Crippen molar-refractivity contribution in [2.75, 3.05) is 23.4 Å². The molecule has 0 spiro atoms. The number of amides is 2. The Morgan fingerprint density at radius 3 is 2.23 bits per heavy atom. The Morgan fingerprint density at radius 2 is 1.57 bits per heavy atom. The Hall–Kier alpha value is -4.26. The van der Waals surface area contributed by atoms with Crippen molar-refractivity contribution in [3.63, 3.8) is 0 Å². The first-order valence-electron chi connectivity index (χ1n) is 11.3. The molecule has 1 aliphatic rings. The quantitative estimate of drug-likeness (QED) is 0.410. The van der Waals surface area contributed by atoms with Crippen LogP contribution in [0.25, 0.3) is 0 Å². The number of benzene rings is 3. The van der Waals surface area contributed by atoms with Crippen LogP contribution in [0.2, 0.25) is 0 Å². The van der Waals surface area contributed by atoms with Crippen LogP contribution in [0.5, 0.6) is 0 Å². The molecule has 2 amide bonds. The monoisotopic (exact) mass is 470 g/mol. The number of nitrogens with one attached hydrogen (secondary N) is 1. The zero-order valence-corrected chi connectivity index (χ0v) is 19.6. The van der Waals surface area contributed by atoms with Crippen molar-refractivity contribution in [2.24, 2.45) is 5.92 Å². The number of carbonyl (C=O) groups is 4. The van der Waals surface area contributed by atoms with Crippen molar-refractivity contribution in [1.82, 2.24) is 0 Å². The molecule has 35 heavy (non-hydrogen) atoms. The SMILES string of the molecule is Cc1cc(C)cc(N2C[C@H](C(=O)Nc3ccc(C(=O)OCC(=O)c4ccccc4)cc3)CC2=O)c1. The summed E-state index contributed by atoms with van der Waals surface area (Å²) in [5, 5.41) is 2.81. The van der Waals surface area contributed by atoms with Crippen molar-refractivity contribution >= 4 is 34.9 Å². The topological polar surface area (TPSA) is 92.8 Å². The zero-order chi connectivity index (χ0) is 24.9. The number of hydrogen-bond acceptors (Lipinski definition) is 5. The number of Topliss-reactive ketones (excluding diaryl/α,β-unsaturated/α-hetero) is 1. The highest BCUT2D eigenvalue weighted by atomic mass is 16.5. The van der Waals surface area contributed by atoms with E-state index in [-0.39, 0.29) is 36.2 Å². The standard InChI is InChI=1S/C28H26N2O5/c1-18-12-19(2)14-24(13-18)30-16-22(15-26(30)32)27(33)29-23-10-8-21(9-11-23)28(34)35-17-25(31)20-6-4-3-5-7-20/h3-14,22H,15-17H2,1-2H3,(H,29,33)/t22-/m1/s1. The van der Waals surface area contributed by atoms with Crippen LogP contribution in [-0.4, -0.2) is 36.7 Å². The minimum absolute atomic E-state index is 0.0849. The predicted molar refractivity (Wildman–Crippen MR) is 133 cm³/mol. The van der Waals surface area contributed by atoms with Gasteiger partial charge in [-0.15, -0.1) is 0 Å². The lowest BCUT2D eigenvalue weighted by Crippen LogP contribution is -2.28. The van der Waals surface area contributed by atoms with Crippen LogP contribution < -0.4 is 10.2 Å². The molecule has 1 aliphatic heterocycles. The van der Waals surface area contributed by atoms with Crippen LogP contribution in [-0.2, 0) is 14.3 Å². The zero-order valence-electron chi connectivity index (χ0n) is 19.6. The first-order chi connectivity index (χ1) is 16.8. The number of esters is 1. The fourth-order valence-corrected chi connectivity index (χ4v) is 4.09. The average molecular weight is 471 g/mol. The van der Waals surface area contributed by atoms with Gasteiger partial charge in [0.15, 0.2) is 12.4 Å². The largest absolute Gasteiger partial charge is 0.454 e. The molecule has 0 aliphatic carbocycles. The molecule has 0 saturated carbocycles. The summed E-state index contributed by atoms with van der Waals surface area (Å²) in [4.78, 5) is 51.4. The molecular weight excluding hydrogens is 444 g/mol. The Morgan fingerprint density at radius 1 is 0.914 bits per heavy atom. The van der Waals surface area contributed by atoms with E-state index in [9.17, 15) is 19.2 Å². The van der Waals surface area contributed by atoms with E-state index in [0.29, 0.717) is 17.8 Å². The van der Waals surface area contributed by atoms with Crippen molar-refractivity contribution in [3.8, 4) is 0 Å². The van der Waals surface area contributed by atoms with Crippen molar-refractivity contribution in [2.45, 2.75) is 20.3 Å². The highest BCUT2D eigenvalue weighted by molar-refractivity contribution is 6.04. The first kappa shape index (κ1) is 23.9. The highest BCUT2D eigenvalue weighted by Crippen LogP contribution is 2.28. The number of aryl methyl sites for hydroxylation is 2. The molecule has 0 aromatic heterocycles. The minimum Gasteiger partial charge on any atom is -0.454 e. The summed E-state index contributed by atoms with van der Waals surface area (Å²) in [6, 6.07) is 20.7. The lowest BCUT2D eigenvalue weighted by Gasteiger charge is -2.18. The number of ketones is 1. The summed E-state index contributed by atoms with van der Waals surface area (Å²) in [6.07, 6.45) is 0.138. The minimum atomic E-state index is -0.627. The van der Waals surface area contributed by atoms with Crippen LogP contribution in [0.4, 0.5) is 11.4 Å². The maximum absolute atomic E-state index is 12.8. The Kier molecular flexibility index (Phi) is 7.06. The third kappa shape index (κ3) is 5.81. The molecule has 1 saturated heterocycles. The molecule has 1 N–H and O–H groups in total. The lowest BCUT2D eigenvalue weighted by molar-refractivity contribution is -0.122. The van der Waals surface area contributed by atoms with Crippen LogP contribution >= 0.6 is 0 Å². The Bertz CT molecular complexity index is 1250. The smallest absolute Gasteiger partial charge is 0.338 e. The van der Waals surface area contributed by atoms with Gasteiger partial charge in [-0.05, 0) is 61.4 Å². The molecule has 0 unspecified atom stereocenters. The molecule has 3 aromatic rings. The number of hydrogen-bond donors (Lipinski definition) is 1. The maximum Gasteiger partial charge on any atom is 0.338 e. The second kappa shape index (κ2) is 10.3. The third-order valence-electron chi connectivity index (χ3n) is 5.83. The molecule has 1 atom stereocenters.